The maximum Gasteiger partial charge on any atom is 0.0701 e. The van der Waals surface area contributed by atoms with Crippen molar-refractivity contribution in [1.82, 2.24) is 5.32 Å². The molecule has 2 rings (SSSR count). The van der Waals surface area contributed by atoms with E-state index in [-0.39, 0.29) is 6.04 Å². The molecule has 1 N–H and O–H groups in total. The fourth-order valence-electron chi connectivity index (χ4n) is 1.82. The average Bonchev–Trinajstić information content (AvgIpc) is 2.78. The van der Waals surface area contributed by atoms with E-state index >= 15 is 0 Å². The molecule has 0 aliphatic carbocycles. The van der Waals surface area contributed by atoms with Gasteiger partial charge in [-0.15, -0.1) is 11.3 Å². The minimum absolute atomic E-state index is 0.239. The Kier molecular flexibility index (Phi) is 5.10. The third-order valence-electron chi connectivity index (χ3n) is 2.79. The molecule has 1 atom stereocenters. The third-order valence-corrected chi connectivity index (χ3v) is 5.17. The highest BCUT2D eigenvalue weighted by molar-refractivity contribution is 9.11. The van der Waals surface area contributed by atoms with Gasteiger partial charge in [-0.2, -0.15) is 0 Å². The summed E-state index contributed by atoms with van der Waals surface area (Å²) in [5, 5.41) is 6.71. The molecule has 1 aromatic heterocycles. The second-order valence-electron chi connectivity index (χ2n) is 3.94. The molecule has 5 heteroatoms. The Morgan fingerprint density at radius 3 is 2.78 bits per heavy atom. The quantitative estimate of drug-likeness (QED) is 0.773. The molecule has 1 aromatic carbocycles. The van der Waals surface area contributed by atoms with E-state index in [2.05, 4.69) is 32.7 Å². The van der Waals surface area contributed by atoms with Crippen LogP contribution in [0.3, 0.4) is 0 Å². The molecule has 1 nitrogen and oxygen atoms in total. The van der Waals surface area contributed by atoms with E-state index < -0.39 is 0 Å². The topological polar surface area (TPSA) is 12.0 Å². The lowest BCUT2D eigenvalue weighted by molar-refractivity contribution is 0.594. The van der Waals surface area contributed by atoms with Crippen LogP contribution in [0.15, 0.2) is 33.4 Å². The van der Waals surface area contributed by atoms with Crippen molar-refractivity contribution < 1.29 is 0 Å². The molecule has 0 aliphatic heterocycles. The Balaban J connectivity index is 2.23. The zero-order valence-corrected chi connectivity index (χ0v) is 13.6. The second-order valence-corrected chi connectivity index (χ2v) is 7.02. The fourth-order valence-corrected chi connectivity index (χ4v) is 3.45. The lowest BCUT2D eigenvalue weighted by atomic mass is 10.0. The minimum atomic E-state index is 0.239. The summed E-state index contributed by atoms with van der Waals surface area (Å²) in [6, 6.07) is 8.12. The van der Waals surface area contributed by atoms with Crippen molar-refractivity contribution in [3.8, 4) is 0 Å². The number of thiophene rings is 1. The van der Waals surface area contributed by atoms with Crippen LogP contribution < -0.4 is 5.32 Å². The average molecular weight is 365 g/mol. The number of halogens is 3. The Morgan fingerprint density at radius 1 is 1.39 bits per heavy atom. The van der Waals surface area contributed by atoms with Gasteiger partial charge in [-0.05, 0) is 58.0 Å². The number of likely N-dealkylation sites (N-methyl/N-ethyl adjacent to an activating group) is 1. The van der Waals surface area contributed by atoms with Gasteiger partial charge < -0.3 is 5.32 Å². The highest BCUT2D eigenvalue weighted by Gasteiger charge is 2.14. The molecule has 0 amide bonds. The van der Waals surface area contributed by atoms with E-state index in [1.54, 1.807) is 11.3 Å². The molecule has 0 saturated heterocycles. The Bertz CT molecular complexity index is 542. The minimum Gasteiger partial charge on any atom is -0.313 e. The third kappa shape index (κ3) is 3.28. The van der Waals surface area contributed by atoms with Crippen molar-refractivity contribution in [3.63, 3.8) is 0 Å². The van der Waals surface area contributed by atoms with E-state index in [0.29, 0.717) is 10.0 Å². The largest absolute Gasteiger partial charge is 0.313 e. The molecule has 18 heavy (non-hydrogen) atoms. The fraction of sp³-hybridized carbons (Fsp3) is 0.231. The molecule has 2 aromatic rings. The summed E-state index contributed by atoms with van der Waals surface area (Å²) >= 11 is 17.4. The maximum atomic E-state index is 6.22. The number of benzene rings is 1. The number of nitrogens with one attached hydrogen (secondary N) is 1. The van der Waals surface area contributed by atoms with Crippen LogP contribution in [0.5, 0.6) is 0 Å². The normalized spacial score (nSPS) is 12.7. The summed E-state index contributed by atoms with van der Waals surface area (Å²) in [5.74, 6) is 0. The predicted molar refractivity (Wildman–Crippen MR) is 84.0 cm³/mol. The first kappa shape index (κ1) is 14.4. The van der Waals surface area contributed by atoms with Crippen LogP contribution in [0.1, 0.15) is 17.2 Å². The van der Waals surface area contributed by atoms with Crippen molar-refractivity contribution in [2.24, 2.45) is 0 Å². The standard InChI is InChI=1S/C13H12BrCl2NS/c1-17-11(9-6-12(14)18-7-9)5-8-3-2-4-10(15)13(8)16/h2-4,6-7,11,17H,5H2,1H3. The van der Waals surface area contributed by atoms with Gasteiger partial charge in [0, 0.05) is 6.04 Å². The molecular weight excluding hydrogens is 353 g/mol. The molecule has 1 heterocycles. The number of hydrogen-bond donors (Lipinski definition) is 1. The van der Waals surface area contributed by atoms with E-state index in [1.807, 2.05) is 25.2 Å². The highest BCUT2D eigenvalue weighted by Crippen LogP contribution is 2.31. The maximum absolute atomic E-state index is 6.22. The van der Waals surface area contributed by atoms with Gasteiger partial charge in [0.1, 0.15) is 0 Å². The summed E-state index contributed by atoms with van der Waals surface area (Å²) in [4.78, 5) is 0. The Morgan fingerprint density at radius 2 is 2.17 bits per heavy atom. The van der Waals surface area contributed by atoms with Crippen LogP contribution in [-0.2, 0) is 6.42 Å². The molecular formula is C13H12BrCl2NS. The summed E-state index contributed by atoms with van der Waals surface area (Å²) < 4.78 is 1.13. The first-order chi connectivity index (χ1) is 8.61. The van der Waals surface area contributed by atoms with Gasteiger partial charge in [0.2, 0.25) is 0 Å². The molecule has 1 unspecified atom stereocenters. The van der Waals surface area contributed by atoms with Crippen LogP contribution >= 0.6 is 50.5 Å². The van der Waals surface area contributed by atoms with Crippen molar-refractivity contribution in [3.05, 3.63) is 54.6 Å². The van der Waals surface area contributed by atoms with Gasteiger partial charge >= 0.3 is 0 Å². The van der Waals surface area contributed by atoms with Crippen LogP contribution in [0.2, 0.25) is 10.0 Å². The molecule has 0 bridgehead atoms. The first-order valence-corrected chi connectivity index (χ1v) is 7.88. The van der Waals surface area contributed by atoms with E-state index in [4.69, 9.17) is 23.2 Å². The van der Waals surface area contributed by atoms with Crippen molar-refractivity contribution in [2.45, 2.75) is 12.5 Å². The second kappa shape index (κ2) is 6.40. The molecule has 0 fully saturated rings. The molecule has 0 radical (unpaired) electrons. The summed E-state index contributed by atoms with van der Waals surface area (Å²) in [6.07, 6.45) is 0.819. The summed E-state index contributed by atoms with van der Waals surface area (Å²) in [5.41, 5.74) is 2.32. The van der Waals surface area contributed by atoms with Gasteiger partial charge in [-0.1, -0.05) is 35.3 Å². The van der Waals surface area contributed by atoms with Crippen molar-refractivity contribution >= 4 is 50.5 Å². The zero-order chi connectivity index (χ0) is 13.1. The first-order valence-electron chi connectivity index (χ1n) is 5.46. The van der Waals surface area contributed by atoms with Gasteiger partial charge in [0.25, 0.3) is 0 Å². The number of rotatable bonds is 4. The lowest BCUT2D eigenvalue weighted by Gasteiger charge is -2.16. The smallest absolute Gasteiger partial charge is 0.0701 e. The zero-order valence-electron chi connectivity index (χ0n) is 9.71. The van der Waals surface area contributed by atoms with E-state index in [0.717, 1.165) is 15.8 Å². The summed E-state index contributed by atoms with van der Waals surface area (Å²) in [6.45, 7) is 0. The van der Waals surface area contributed by atoms with Gasteiger partial charge in [-0.3, -0.25) is 0 Å². The van der Waals surface area contributed by atoms with Gasteiger partial charge in [0.15, 0.2) is 0 Å². The molecule has 96 valence electrons. The Labute approximate surface area is 129 Å². The van der Waals surface area contributed by atoms with E-state index in [1.165, 1.54) is 5.56 Å². The van der Waals surface area contributed by atoms with Gasteiger partial charge in [0.05, 0.1) is 13.8 Å². The van der Waals surface area contributed by atoms with Crippen molar-refractivity contribution in [2.75, 3.05) is 7.05 Å². The monoisotopic (exact) mass is 363 g/mol. The van der Waals surface area contributed by atoms with E-state index in [9.17, 15) is 0 Å². The molecule has 0 aliphatic rings. The van der Waals surface area contributed by atoms with Crippen LogP contribution in [0.4, 0.5) is 0 Å². The number of hydrogen-bond acceptors (Lipinski definition) is 2. The predicted octanol–water partition coefficient (Wildman–Crippen LogP) is 5.32. The van der Waals surface area contributed by atoms with Crippen LogP contribution in [-0.4, -0.2) is 7.05 Å². The van der Waals surface area contributed by atoms with Crippen LogP contribution in [0, 0.1) is 0 Å². The highest BCUT2D eigenvalue weighted by atomic mass is 79.9. The SMILES string of the molecule is CNC(Cc1cccc(Cl)c1Cl)c1csc(Br)c1. The van der Waals surface area contributed by atoms with Crippen molar-refractivity contribution in [1.29, 1.82) is 0 Å². The van der Waals surface area contributed by atoms with Gasteiger partial charge in [-0.25, -0.2) is 0 Å². The molecule has 0 spiro atoms. The Hall–Kier alpha value is -0.0600. The molecule has 0 saturated carbocycles. The van der Waals surface area contributed by atoms with Crippen LogP contribution in [0.25, 0.3) is 0 Å². The summed E-state index contributed by atoms with van der Waals surface area (Å²) in [7, 11) is 1.95. The lowest BCUT2D eigenvalue weighted by Crippen LogP contribution is -2.18.